The minimum absolute atomic E-state index is 0.214. The molecule has 1 aromatic carbocycles. The van der Waals surface area contributed by atoms with E-state index < -0.39 is 0 Å². The maximum Gasteiger partial charge on any atom is 0.0474 e. The summed E-state index contributed by atoms with van der Waals surface area (Å²) in [7, 11) is 0. The van der Waals surface area contributed by atoms with Gasteiger partial charge in [-0.3, -0.25) is 0 Å². The highest BCUT2D eigenvalue weighted by molar-refractivity contribution is 5.31. The Morgan fingerprint density at radius 3 is 2.80 bits per heavy atom. The van der Waals surface area contributed by atoms with Crippen molar-refractivity contribution in [3.05, 3.63) is 35.4 Å². The number of aliphatic hydroxyl groups excluding tert-OH is 1. The van der Waals surface area contributed by atoms with E-state index in [1.165, 1.54) is 30.4 Å². The van der Waals surface area contributed by atoms with Gasteiger partial charge in [-0.25, -0.2) is 0 Å². The van der Waals surface area contributed by atoms with Crippen LogP contribution in [0.4, 0.5) is 0 Å². The third-order valence-corrected chi connectivity index (χ3v) is 4.91. The van der Waals surface area contributed by atoms with Crippen LogP contribution in [-0.4, -0.2) is 24.3 Å². The summed E-state index contributed by atoms with van der Waals surface area (Å²) >= 11 is 0. The van der Waals surface area contributed by atoms with Crippen molar-refractivity contribution in [1.29, 1.82) is 0 Å². The van der Waals surface area contributed by atoms with Gasteiger partial charge in [0.05, 0.1) is 0 Å². The molecular formula is C17H26N2O. The van der Waals surface area contributed by atoms with Crippen molar-refractivity contribution in [1.82, 2.24) is 5.32 Å². The Bertz CT molecular complexity index is 444. The Morgan fingerprint density at radius 1 is 1.25 bits per heavy atom. The lowest BCUT2D eigenvalue weighted by molar-refractivity contribution is 0.200. The summed E-state index contributed by atoms with van der Waals surface area (Å²) in [5.41, 5.74) is 8.76. The van der Waals surface area contributed by atoms with Crippen molar-refractivity contribution >= 4 is 0 Å². The van der Waals surface area contributed by atoms with Crippen LogP contribution in [0.1, 0.15) is 55.2 Å². The Labute approximate surface area is 121 Å². The van der Waals surface area contributed by atoms with Crippen molar-refractivity contribution in [2.24, 2.45) is 11.7 Å². The van der Waals surface area contributed by atoms with Gasteiger partial charge in [0.1, 0.15) is 0 Å². The Balaban J connectivity index is 1.70. The van der Waals surface area contributed by atoms with E-state index in [0.29, 0.717) is 18.5 Å². The third-order valence-electron chi connectivity index (χ3n) is 4.91. The van der Waals surface area contributed by atoms with E-state index in [0.717, 1.165) is 18.8 Å². The van der Waals surface area contributed by atoms with E-state index in [4.69, 9.17) is 5.73 Å². The van der Waals surface area contributed by atoms with Crippen LogP contribution in [0.15, 0.2) is 24.3 Å². The van der Waals surface area contributed by atoms with Gasteiger partial charge in [0.2, 0.25) is 0 Å². The largest absolute Gasteiger partial charge is 0.396 e. The highest BCUT2D eigenvalue weighted by Crippen LogP contribution is 2.40. The molecular weight excluding hydrogens is 248 g/mol. The second-order valence-electron chi connectivity index (χ2n) is 6.38. The summed E-state index contributed by atoms with van der Waals surface area (Å²) < 4.78 is 0. The van der Waals surface area contributed by atoms with Crippen LogP contribution in [0, 0.1) is 5.92 Å². The van der Waals surface area contributed by atoms with Crippen molar-refractivity contribution < 1.29 is 5.11 Å². The Hall–Kier alpha value is -0.900. The molecule has 2 aliphatic rings. The molecule has 3 unspecified atom stereocenters. The van der Waals surface area contributed by atoms with Crippen molar-refractivity contribution in [2.75, 3.05) is 13.2 Å². The topological polar surface area (TPSA) is 58.3 Å². The van der Waals surface area contributed by atoms with Crippen molar-refractivity contribution in [2.45, 2.75) is 50.1 Å². The molecule has 110 valence electrons. The highest BCUT2D eigenvalue weighted by Gasteiger charge is 2.29. The molecule has 2 fully saturated rings. The van der Waals surface area contributed by atoms with E-state index >= 15 is 0 Å². The monoisotopic (exact) mass is 274 g/mol. The molecule has 0 saturated heterocycles. The van der Waals surface area contributed by atoms with Gasteiger partial charge in [0, 0.05) is 25.2 Å². The van der Waals surface area contributed by atoms with E-state index in [2.05, 4.69) is 29.6 Å². The molecule has 4 N–H and O–H groups in total. The van der Waals surface area contributed by atoms with E-state index in [-0.39, 0.29) is 12.6 Å². The van der Waals surface area contributed by atoms with E-state index in [1.54, 1.807) is 0 Å². The van der Waals surface area contributed by atoms with Crippen LogP contribution in [-0.2, 0) is 0 Å². The molecule has 0 aromatic heterocycles. The summed E-state index contributed by atoms with van der Waals surface area (Å²) in [6.07, 6.45) is 6.17. The average Bonchev–Trinajstić information content (AvgIpc) is 3.24. The van der Waals surface area contributed by atoms with Gasteiger partial charge in [-0.2, -0.15) is 0 Å². The lowest BCUT2D eigenvalue weighted by atomic mass is 9.98. The van der Waals surface area contributed by atoms with Crippen LogP contribution in [0.5, 0.6) is 0 Å². The van der Waals surface area contributed by atoms with Gasteiger partial charge in [-0.15, -0.1) is 0 Å². The van der Waals surface area contributed by atoms with Gasteiger partial charge in [-0.05, 0) is 48.6 Å². The summed E-state index contributed by atoms with van der Waals surface area (Å²) in [4.78, 5) is 0. The first kappa shape index (κ1) is 14.1. The number of hydrogen-bond donors (Lipinski definition) is 3. The van der Waals surface area contributed by atoms with Crippen molar-refractivity contribution in [3.63, 3.8) is 0 Å². The van der Waals surface area contributed by atoms with Crippen molar-refractivity contribution in [3.8, 4) is 0 Å². The standard InChI is InChI=1S/C17H26N2O/c18-10-17(19-16-6-2-5-15(16)11-20)14-4-1-3-13(9-14)12-7-8-12/h1,3-4,9,12,15-17,19-20H,2,5-8,10-11,18H2. The SMILES string of the molecule is NCC(NC1CCCC1CO)c1cccc(C2CC2)c1. The van der Waals surface area contributed by atoms with E-state index in [9.17, 15) is 5.11 Å². The zero-order valence-electron chi connectivity index (χ0n) is 12.1. The molecule has 2 saturated carbocycles. The average molecular weight is 274 g/mol. The molecule has 0 aliphatic heterocycles. The fourth-order valence-electron chi connectivity index (χ4n) is 3.48. The zero-order chi connectivity index (χ0) is 13.9. The molecule has 3 rings (SSSR count). The molecule has 0 amide bonds. The molecule has 1 aromatic rings. The smallest absolute Gasteiger partial charge is 0.0474 e. The maximum atomic E-state index is 9.45. The predicted octanol–water partition coefficient (Wildman–Crippen LogP) is 2.31. The quantitative estimate of drug-likeness (QED) is 0.746. The van der Waals surface area contributed by atoms with Gasteiger partial charge in [0.25, 0.3) is 0 Å². The maximum absolute atomic E-state index is 9.45. The zero-order valence-corrected chi connectivity index (χ0v) is 12.1. The van der Waals surface area contributed by atoms with Gasteiger partial charge < -0.3 is 16.2 Å². The first-order chi connectivity index (χ1) is 9.81. The second kappa shape index (κ2) is 6.25. The van der Waals surface area contributed by atoms with Crippen LogP contribution >= 0.6 is 0 Å². The number of aliphatic hydroxyl groups is 1. The van der Waals surface area contributed by atoms with E-state index in [1.807, 2.05) is 0 Å². The minimum atomic E-state index is 0.214. The molecule has 2 aliphatic carbocycles. The second-order valence-corrected chi connectivity index (χ2v) is 6.38. The molecule has 3 atom stereocenters. The number of benzene rings is 1. The Morgan fingerprint density at radius 2 is 2.10 bits per heavy atom. The number of nitrogens with two attached hydrogens (primary N) is 1. The predicted molar refractivity (Wildman–Crippen MR) is 81.6 cm³/mol. The minimum Gasteiger partial charge on any atom is -0.396 e. The Kier molecular flexibility index (Phi) is 4.39. The van der Waals surface area contributed by atoms with Gasteiger partial charge >= 0.3 is 0 Å². The van der Waals surface area contributed by atoms with Gasteiger partial charge in [0.15, 0.2) is 0 Å². The molecule has 0 spiro atoms. The molecule has 0 radical (unpaired) electrons. The van der Waals surface area contributed by atoms with Gasteiger partial charge in [-0.1, -0.05) is 30.7 Å². The molecule has 3 heteroatoms. The molecule has 0 heterocycles. The lowest BCUT2D eigenvalue weighted by Gasteiger charge is -2.26. The highest BCUT2D eigenvalue weighted by atomic mass is 16.3. The fraction of sp³-hybridized carbons (Fsp3) is 0.647. The van der Waals surface area contributed by atoms with Crippen LogP contribution in [0.3, 0.4) is 0 Å². The molecule has 20 heavy (non-hydrogen) atoms. The first-order valence-corrected chi connectivity index (χ1v) is 7.98. The lowest BCUT2D eigenvalue weighted by Crippen LogP contribution is -2.39. The molecule has 0 bridgehead atoms. The summed E-state index contributed by atoms with van der Waals surface area (Å²) in [5, 5.41) is 13.1. The third kappa shape index (κ3) is 3.05. The normalized spacial score (nSPS) is 27.7. The summed E-state index contributed by atoms with van der Waals surface area (Å²) in [6.45, 7) is 0.903. The molecule has 3 nitrogen and oxygen atoms in total. The van der Waals surface area contributed by atoms with Crippen LogP contribution in [0.25, 0.3) is 0 Å². The van der Waals surface area contributed by atoms with Crippen LogP contribution < -0.4 is 11.1 Å². The van der Waals surface area contributed by atoms with Crippen LogP contribution in [0.2, 0.25) is 0 Å². The summed E-state index contributed by atoms with van der Waals surface area (Å²) in [5.74, 6) is 1.18. The number of rotatable bonds is 6. The number of hydrogen-bond acceptors (Lipinski definition) is 3. The number of nitrogens with one attached hydrogen (secondary N) is 1. The summed E-state index contributed by atoms with van der Waals surface area (Å²) in [6, 6.07) is 9.53. The fourth-order valence-corrected chi connectivity index (χ4v) is 3.48. The first-order valence-electron chi connectivity index (χ1n) is 7.98.